The van der Waals surface area contributed by atoms with Crippen LogP contribution < -0.4 is 36.6 Å². The molecule has 0 saturated heterocycles. The molecule has 724 valence electrons. The third-order valence-corrected chi connectivity index (χ3v) is 21.3. The summed E-state index contributed by atoms with van der Waals surface area (Å²) >= 11 is 0. The van der Waals surface area contributed by atoms with E-state index in [0.29, 0.717) is 111 Å². The van der Waals surface area contributed by atoms with Crippen LogP contribution in [-0.2, 0) is 63.7 Å². The number of aromatic nitrogens is 25. The highest BCUT2D eigenvalue weighted by Crippen LogP contribution is 2.31. The van der Waals surface area contributed by atoms with Gasteiger partial charge in [-0.15, -0.1) is 30.6 Å². The first-order chi connectivity index (χ1) is 68.9. The molecule has 4 aromatic carbocycles. The minimum Gasteiger partial charge on any atom is -0.484 e. The van der Waals surface area contributed by atoms with Gasteiger partial charge < -0.3 is 9.47 Å². The molecule has 1 aliphatic rings. The van der Waals surface area contributed by atoms with Crippen LogP contribution in [0.2, 0.25) is 0 Å². The molecule has 142 heavy (non-hydrogen) atoms. The number of alkyl halides is 2. The number of benzene rings is 4. The molecule has 12 N–H and O–H groups in total. The summed E-state index contributed by atoms with van der Waals surface area (Å²) in [6.07, 6.45) is 17.5. The van der Waals surface area contributed by atoms with Crippen LogP contribution in [0.1, 0.15) is 89.4 Å². The van der Waals surface area contributed by atoms with Gasteiger partial charge in [0, 0.05) is 79.1 Å². The summed E-state index contributed by atoms with van der Waals surface area (Å²) in [5, 5.41) is 54.2. The van der Waals surface area contributed by atoms with Gasteiger partial charge in [-0.2, -0.15) is 38.7 Å². The van der Waals surface area contributed by atoms with E-state index in [1.54, 1.807) is 171 Å². The summed E-state index contributed by atoms with van der Waals surface area (Å²) in [7, 11) is -3.43. The Labute approximate surface area is 808 Å². The van der Waals surface area contributed by atoms with Crippen molar-refractivity contribution in [1.29, 1.82) is 0 Å². The Hall–Kier alpha value is -18.2. The van der Waals surface area contributed by atoms with Gasteiger partial charge in [-0.1, -0.05) is 130 Å². The minimum absolute atomic E-state index is 0.00866. The molecular formula is C96H92F3N31O11S. The van der Waals surface area contributed by atoms with Crippen molar-refractivity contribution in [3.05, 3.63) is 313 Å². The van der Waals surface area contributed by atoms with Crippen molar-refractivity contribution in [2.24, 2.45) is 11.8 Å². The first-order valence-electron chi connectivity index (χ1n) is 43.9. The molecule has 46 heteroatoms. The van der Waals surface area contributed by atoms with Crippen LogP contribution in [0.15, 0.2) is 274 Å². The largest absolute Gasteiger partial charge is 0.484 e. The predicted molar refractivity (Wildman–Crippen MR) is 516 cm³/mol. The molecule has 0 unspecified atom stereocenters. The Morgan fingerprint density at radius 2 is 0.852 bits per heavy atom. The second kappa shape index (κ2) is 51.1. The number of hydrogen-bond acceptors (Lipinski definition) is 30. The summed E-state index contributed by atoms with van der Waals surface area (Å²) in [4.78, 5) is 137. The summed E-state index contributed by atoms with van der Waals surface area (Å²) in [5.74, 6) is -3.39. The number of H-pyrrole nitrogens is 6. The van der Waals surface area contributed by atoms with E-state index in [1.807, 2.05) is 85.9 Å². The maximum absolute atomic E-state index is 14.1. The Balaban J connectivity index is 0.000000144. The lowest BCUT2D eigenvalue weighted by Crippen LogP contribution is -2.32. The van der Waals surface area contributed by atoms with Gasteiger partial charge in [-0.3, -0.25) is 131 Å². The molecular weight excluding hydrogens is 1850 g/mol. The van der Waals surface area contributed by atoms with Crippen LogP contribution in [0.5, 0.6) is 5.75 Å². The van der Waals surface area contributed by atoms with Crippen LogP contribution in [-0.4, -0.2) is 207 Å². The van der Waals surface area contributed by atoms with Gasteiger partial charge in [-0.05, 0) is 176 Å². The number of carbonyl (C=O) groups is 7. The molecule has 1 saturated carbocycles. The van der Waals surface area contributed by atoms with Gasteiger partial charge in [0.15, 0.2) is 57.2 Å². The van der Waals surface area contributed by atoms with E-state index < -0.39 is 38.9 Å². The van der Waals surface area contributed by atoms with E-state index in [1.165, 1.54) is 54.9 Å². The van der Waals surface area contributed by atoms with Crippen molar-refractivity contribution in [3.63, 3.8) is 0 Å². The SMILES string of the molecule is CC(C)CCS(=O)(=O)CC(=O)Nc1n[nH]c(-c2ccccn2)n1.CCc1ccc(OCC(=O)Nc2n[nH]c(-c3ccccn3)n2)cc1.O=C(CCc1ccccc1F)Nc1n[nH]c(-c2ccccn2)n1.O=C(COCC1CC1)Nc1n[nH]c(-c2ccccn2)n1.O=C(Cc1cccc(C(=O)Nc2n[nH]c(-c3ccccn3)n2)c1)c1cccnc1.O=C(Nc1n[nH]c(-c2ccccn2)n1)C(F)(F)c1ccccc1. The minimum atomic E-state index is -3.69. The molecule has 42 nitrogen and oxygen atoms in total. The van der Waals surface area contributed by atoms with Gasteiger partial charge in [0.25, 0.3) is 17.7 Å². The van der Waals surface area contributed by atoms with Crippen LogP contribution in [0, 0.1) is 17.7 Å². The molecule has 0 atom stereocenters. The van der Waals surface area contributed by atoms with E-state index in [0.717, 1.165) is 12.0 Å². The lowest BCUT2D eigenvalue weighted by molar-refractivity contribution is -0.141. The monoisotopic (exact) mass is 1940 g/mol. The van der Waals surface area contributed by atoms with Crippen molar-refractivity contribution in [3.8, 4) is 74.9 Å². The Bertz CT molecular complexity index is 7040. The quantitative estimate of drug-likeness (QED) is 0.0167. The number of nitrogens with one attached hydrogen (secondary N) is 12. The molecule has 0 spiro atoms. The number of ether oxygens (including phenoxy) is 2. The van der Waals surface area contributed by atoms with Crippen LogP contribution >= 0.6 is 0 Å². The highest BCUT2D eigenvalue weighted by atomic mass is 32.2. The smallest absolute Gasteiger partial charge is 0.350 e. The highest BCUT2D eigenvalue weighted by Gasteiger charge is 2.41. The van der Waals surface area contributed by atoms with E-state index >= 15 is 0 Å². The number of carbonyl (C=O) groups excluding carboxylic acids is 7. The third-order valence-electron chi connectivity index (χ3n) is 19.7. The average molecular weight is 1950 g/mol. The third kappa shape index (κ3) is 32.2. The van der Waals surface area contributed by atoms with Gasteiger partial charge in [0.2, 0.25) is 47.5 Å². The van der Waals surface area contributed by atoms with Gasteiger partial charge >= 0.3 is 11.8 Å². The number of pyridine rings is 7. The number of halogens is 3. The Morgan fingerprint density at radius 3 is 1.27 bits per heavy atom. The molecule has 0 aliphatic heterocycles. The number of ketones is 1. The number of anilines is 6. The van der Waals surface area contributed by atoms with Gasteiger partial charge in [0.05, 0.1) is 12.4 Å². The van der Waals surface area contributed by atoms with Gasteiger partial charge in [-0.25, -0.2) is 12.8 Å². The van der Waals surface area contributed by atoms with E-state index in [4.69, 9.17) is 9.47 Å². The molecule has 17 aromatic rings. The molecule has 1 aliphatic carbocycles. The molecule has 13 heterocycles. The number of aryl methyl sites for hydroxylation is 2. The van der Waals surface area contributed by atoms with Crippen molar-refractivity contribution >= 4 is 86.8 Å². The topological polar surface area (TPSA) is 584 Å². The zero-order chi connectivity index (χ0) is 99.8. The van der Waals surface area contributed by atoms with Crippen molar-refractivity contribution < 1.29 is 64.6 Å². The molecule has 18 rings (SSSR count). The number of nitrogens with zero attached hydrogens (tertiary/aromatic N) is 19. The zero-order valence-corrected chi connectivity index (χ0v) is 77.0. The lowest BCUT2D eigenvalue weighted by atomic mass is 10.0. The maximum atomic E-state index is 14.1. The van der Waals surface area contributed by atoms with Crippen molar-refractivity contribution in [2.45, 2.75) is 71.6 Å². The maximum Gasteiger partial charge on any atom is 0.350 e. The Kier molecular flexibility index (Phi) is 36.4. The number of rotatable bonds is 34. The average Bonchev–Trinajstić information content (AvgIpc) is 1.40. The summed E-state index contributed by atoms with van der Waals surface area (Å²) < 4.78 is 76.1. The second-order valence-corrected chi connectivity index (χ2v) is 33.2. The van der Waals surface area contributed by atoms with E-state index in [9.17, 15) is 55.2 Å². The summed E-state index contributed by atoms with van der Waals surface area (Å²) in [5.41, 5.74) is 6.62. The first kappa shape index (κ1) is 101. The number of sulfone groups is 1. The fraction of sp³-hybridized carbons (Fsp3) is 0.188. The zero-order valence-electron chi connectivity index (χ0n) is 76.2. The molecule has 6 amide bonds. The van der Waals surface area contributed by atoms with Crippen molar-refractivity contribution in [2.75, 3.05) is 63.2 Å². The molecule has 1 fully saturated rings. The molecule has 13 aromatic heterocycles. The fourth-order valence-corrected chi connectivity index (χ4v) is 13.7. The lowest BCUT2D eigenvalue weighted by Gasteiger charge is -2.14. The van der Waals surface area contributed by atoms with E-state index in [2.05, 4.69) is 159 Å². The first-order valence-corrected chi connectivity index (χ1v) is 45.8. The Morgan fingerprint density at radius 1 is 0.437 bits per heavy atom. The molecule has 0 radical (unpaired) electrons. The van der Waals surface area contributed by atoms with Crippen LogP contribution in [0.25, 0.3) is 69.1 Å². The van der Waals surface area contributed by atoms with Gasteiger partial charge in [0.1, 0.15) is 58.1 Å². The highest BCUT2D eigenvalue weighted by molar-refractivity contribution is 7.92. The van der Waals surface area contributed by atoms with Crippen LogP contribution in [0.4, 0.5) is 48.9 Å². The van der Waals surface area contributed by atoms with E-state index in [-0.39, 0.29) is 114 Å². The van der Waals surface area contributed by atoms with Crippen molar-refractivity contribution in [1.82, 2.24) is 126 Å². The second-order valence-electron chi connectivity index (χ2n) is 31.0. The molecule has 0 bridgehead atoms. The number of amides is 6. The standard InChI is InChI=1S/C21H16N6O2.C17H17N5O2.C16H14FN5O.C15H11F2N5O.C14H19N5O3S.C13H15N5O2/c28-18(16-7-4-9-22-13-16)12-14-5-3-6-15(11-14)20(29)25-21-24-19(26-27-21)17-8-1-2-10-23-17;1-2-12-6-8-13(9-7-12)24-11-15(23)19-17-20-16(21-22-17)14-5-3-4-10-18-14;17-12-6-2-1-5-11(12)8-9-14(23)19-16-20-15(21-22-16)13-7-3-4-10-18-13;16-15(17,10-6-2-1-3-7-10)13(23)20-14-19-12(21-22-14)11-8-4-5-9-18-11;1-10(2)6-8-23(21,22)9-12(20)16-14-17-13(18-19-14)11-5-3-4-7-15-11;19-11(8-20-7-9-4-5-9)15-13-16-12(17-18-13)10-3-1-2-6-14-10/h1-11,13H,12H2,(H2,24,25,26,27,29);3-10H,2,11H2,1H3,(H2,19,20,21,22,23);1-7,10H,8-9H2,(H2,19,20,21,22,23);1-9H,(H2,19,20,21,22,23);3-5,7,10H,6,8-9H2,1-2H3,(H2,16,17,18,19,20);1-3,6,9H,4-5,7-8H2,(H2,15,16,17,18,19). The number of aromatic amines is 6. The number of Topliss-reactive ketones (excluding diaryl/α,β-unsaturated/α-hetero) is 1. The predicted octanol–water partition coefficient (Wildman–Crippen LogP) is 13.1. The summed E-state index contributed by atoms with van der Waals surface area (Å²) in [6, 6.07) is 63.4. The number of hydrogen-bond donors (Lipinski definition) is 12. The summed E-state index contributed by atoms with van der Waals surface area (Å²) in [6.45, 7) is 6.52. The van der Waals surface area contributed by atoms with Crippen LogP contribution in [0.3, 0.4) is 0 Å². The normalized spacial score (nSPS) is 11.3. The fourth-order valence-electron chi connectivity index (χ4n) is 12.3.